The van der Waals surface area contributed by atoms with Gasteiger partial charge in [-0.1, -0.05) is 46.3 Å². The van der Waals surface area contributed by atoms with Crippen molar-refractivity contribution in [1.29, 1.82) is 0 Å². The molecule has 3 nitrogen and oxygen atoms in total. The van der Waals surface area contributed by atoms with Gasteiger partial charge in [-0.3, -0.25) is 0 Å². The van der Waals surface area contributed by atoms with Crippen LogP contribution in [0.25, 0.3) is 0 Å². The highest BCUT2D eigenvalue weighted by Crippen LogP contribution is 2.20. The van der Waals surface area contributed by atoms with Crippen molar-refractivity contribution in [1.82, 2.24) is 5.32 Å². The van der Waals surface area contributed by atoms with Gasteiger partial charge in [0.25, 0.3) is 0 Å². The summed E-state index contributed by atoms with van der Waals surface area (Å²) >= 11 is 3.47. The molecule has 1 atom stereocenters. The maximum Gasteiger partial charge on any atom is 0.338 e. The van der Waals surface area contributed by atoms with E-state index in [1.165, 1.54) is 5.56 Å². The van der Waals surface area contributed by atoms with Gasteiger partial charge in [-0.05, 0) is 43.2 Å². The number of benzene rings is 2. The molecule has 2 aromatic rings. The van der Waals surface area contributed by atoms with Crippen molar-refractivity contribution in [3.8, 4) is 0 Å². The predicted octanol–water partition coefficient (Wildman–Crippen LogP) is 4.90. The van der Waals surface area contributed by atoms with E-state index in [1.54, 1.807) is 0 Å². The molecule has 2 rings (SSSR count). The molecule has 5 heteroatoms. The number of nitrogens with one attached hydrogen (secondary N) is 1. The zero-order valence-electron chi connectivity index (χ0n) is 13.2. The van der Waals surface area contributed by atoms with E-state index in [1.807, 2.05) is 43.3 Å². The van der Waals surface area contributed by atoms with Crippen LogP contribution in [0.5, 0.6) is 0 Å². The number of halogens is 2. The third-order valence-electron chi connectivity index (χ3n) is 3.42. The summed E-state index contributed by atoms with van der Waals surface area (Å²) in [6, 6.07) is 15.8. The minimum Gasteiger partial charge on any atom is -0.462 e. The van der Waals surface area contributed by atoms with Gasteiger partial charge in [-0.25, -0.2) is 4.79 Å². The summed E-state index contributed by atoms with van der Waals surface area (Å²) in [5.74, 6) is -0.269. The zero-order chi connectivity index (χ0) is 15.9. The fourth-order valence-electron chi connectivity index (χ4n) is 2.30. The number of ether oxygens (including phenoxy) is 1. The van der Waals surface area contributed by atoms with Gasteiger partial charge in [0.05, 0.1) is 12.2 Å². The molecule has 1 unspecified atom stereocenters. The molecule has 0 aliphatic rings. The highest BCUT2D eigenvalue weighted by Gasteiger charge is 2.16. The molecule has 2 aromatic carbocycles. The second-order valence-electron chi connectivity index (χ2n) is 5.04. The van der Waals surface area contributed by atoms with Crippen LogP contribution < -0.4 is 5.32 Å². The molecule has 0 fully saturated rings. The normalized spacial score (nSPS) is 11.4. The number of carbonyl (C=O) groups excluding carboxylic acids is 1. The molecule has 0 bridgehead atoms. The average Bonchev–Trinajstić information content (AvgIpc) is 2.53. The van der Waals surface area contributed by atoms with Gasteiger partial charge in [0.15, 0.2) is 0 Å². The standard InChI is InChI=1S/C18H20BrNO2.ClH/c1-3-22-18(21)17-10-5-4-9-16(17)13(2)20-12-14-7-6-8-15(19)11-14;/h4-11,13,20H,3,12H2,1-2H3;1H. The first-order valence-electron chi connectivity index (χ1n) is 7.35. The van der Waals surface area contributed by atoms with Crippen LogP contribution in [0, 0.1) is 0 Å². The summed E-state index contributed by atoms with van der Waals surface area (Å²) in [7, 11) is 0. The van der Waals surface area contributed by atoms with Gasteiger partial charge in [-0.15, -0.1) is 12.4 Å². The first kappa shape index (κ1) is 19.7. The largest absolute Gasteiger partial charge is 0.462 e. The van der Waals surface area contributed by atoms with Crippen molar-refractivity contribution < 1.29 is 9.53 Å². The van der Waals surface area contributed by atoms with Crippen molar-refractivity contribution in [3.63, 3.8) is 0 Å². The Morgan fingerprint density at radius 3 is 2.65 bits per heavy atom. The molecule has 0 spiro atoms. The second kappa shape index (κ2) is 9.71. The molecule has 0 radical (unpaired) electrons. The minimum absolute atomic E-state index is 0. The predicted molar refractivity (Wildman–Crippen MR) is 99.0 cm³/mol. The molecule has 0 aliphatic heterocycles. The maximum absolute atomic E-state index is 12.0. The molecular formula is C18H21BrClNO2. The summed E-state index contributed by atoms with van der Waals surface area (Å²) < 4.78 is 6.19. The van der Waals surface area contributed by atoms with Crippen LogP contribution >= 0.6 is 28.3 Å². The van der Waals surface area contributed by atoms with E-state index in [9.17, 15) is 4.79 Å². The van der Waals surface area contributed by atoms with E-state index in [-0.39, 0.29) is 24.4 Å². The molecule has 0 saturated carbocycles. The van der Waals surface area contributed by atoms with Gasteiger partial charge in [0.1, 0.15) is 0 Å². The van der Waals surface area contributed by atoms with Crippen LogP contribution in [0.3, 0.4) is 0 Å². The zero-order valence-corrected chi connectivity index (χ0v) is 15.6. The molecule has 23 heavy (non-hydrogen) atoms. The van der Waals surface area contributed by atoms with Crippen LogP contribution in [0.2, 0.25) is 0 Å². The van der Waals surface area contributed by atoms with Crippen LogP contribution in [-0.2, 0) is 11.3 Å². The quantitative estimate of drug-likeness (QED) is 0.703. The van der Waals surface area contributed by atoms with E-state index in [0.717, 1.165) is 16.6 Å². The number of carbonyl (C=O) groups is 1. The van der Waals surface area contributed by atoms with Crippen LogP contribution in [0.1, 0.15) is 41.4 Å². The molecule has 0 aromatic heterocycles. The van der Waals surface area contributed by atoms with Gasteiger partial charge in [-0.2, -0.15) is 0 Å². The highest BCUT2D eigenvalue weighted by molar-refractivity contribution is 9.10. The lowest BCUT2D eigenvalue weighted by Crippen LogP contribution is -2.21. The maximum atomic E-state index is 12.0. The van der Waals surface area contributed by atoms with Crippen molar-refractivity contribution in [2.45, 2.75) is 26.4 Å². The topological polar surface area (TPSA) is 38.3 Å². The summed E-state index contributed by atoms with van der Waals surface area (Å²) in [5, 5.41) is 3.45. The monoisotopic (exact) mass is 397 g/mol. The molecule has 0 amide bonds. The third-order valence-corrected chi connectivity index (χ3v) is 3.92. The van der Waals surface area contributed by atoms with E-state index < -0.39 is 0 Å². The molecule has 124 valence electrons. The Kier molecular flexibility index (Phi) is 8.31. The Hall–Kier alpha value is -1.36. The molecule has 1 N–H and O–H groups in total. The van der Waals surface area contributed by atoms with Gasteiger partial charge >= 0.3 is 5.97 Å². The number of esters is 1. The lowest BCUT2D eigenvalue weighted by molar-refractivity contribution is 0.0524. The van der Waals surface area contributed by atoms with Gasteiger partial charge in [0.2, 0.25) is 0 Å². The third kappa shape index (κ3) is 5.65. The van der Waals surface area contributed by atoms with Crippen molar-refractivity contribution >= 4 is 34.3 Å². The Balaban J connectivity index is 0.00000264. The average molecular weight is 399 g/mol. The molecular weight excluding hydrogens is 378 g/mol. The van der Waals surface area contributed by atoms with Crippen molar-refractivity contribution in [2.75, 3.05) is 6.61 Å². The summed E-state index contributed by atoms with van der Waals surface area (Å²) in [5.41, 5.74) is 2.77. The number of hydrogen-bond acceptors (Lipinski definition) is 3. The summed E-state index contributed by atoms with van der Waals surface area (Å²) in [4.78, 5) is 12.0. The van der Waals surface area contributed by atoms with Gasteiger partial charge < -0.3 is 10.1 Å². The Morgan fingerprint density at radius 1 is 1.22 bits per heavy atom. The Morgan fingerprint density at radius 2 is 1.96 bits per heavy atom. The van der Waals surface area contributed by atoms with Crippen LogP contribution in [-0.4, -0.2) is 12.6 Å². The summed E-state index contributed by atoms with van der Waals surface area (Å²) in [6.07, 6.45) is 0. The van der Waals surface area contributed by atoms with Crippen molar-refractivity contribution in [3.05, 3.63) is 69.7 Å². The highest BCUT2D eigenvalue weighted by atomic mass is 79.9. The minimum atomic E-state index is -0.269. The van der Waals surface area contributed by atoms with E-state index in [2.05, 4.69) is 40.3 Å². The Bertz CT molecular complexity index is 648. The van der Waals surface area contributed by atoms with Crippen molar-refractivity contribution in [2.24, 2.45) is 0 Å². The smallest absolute Gasteiger partial charge is 0.338 e. The fourth-order valence-corrected chi connectivity index (χ4v) is 2.74. The van der Waals surface area contributed by atoms with Gasteiger partial charge in [0, 0.05) is 17.1 Å². The Labute approximate surface area is 152 Å². The second-order valence-corrected chi connectivity index (χ2v) is 5.96. The lowest BCUT2D eigenvalue weighted by Gasteiger charge is -2.17. The molecule has 0 heterocycles. The SMILES string of the molecule is CCOC(=O)c1ccccc1C(C)NCc1cccc(Br)c1.Cl. The fraction of sp³-hybridized carbons (Fsp3) is 0.278. The first-order valence-corrected chi connectivity index (χ1v) is 8.15. The van der Waals surface area contributed by atoms with Crippen LogP contribution in [0.4, 0.5) is 0 Å². The van der Waals surface area contributed by atoms with E-state index in [4.69, 9.17) is 4.74 Å². The lowest BCUT2D eigenvalue weighted by atomic mass is 10.0. The summed E-state index contributed by atoms with van der Waals surface area (Å²) in [6.45, 7) is 4.98. The van der Waals surface area contributed by atoms with Crippen LogP contribution in [0.15, 0.2) is 53.0 Å². The van der Waals surface area contributed by atoms with E-state index >= 15 is 0 Å². The molecule has 0 aliphatic carbocycles. The van der Waals surface area contributed by atoms with E-state index in [0.29, 0.717) is 12.2 Å². The molecule has 0 saturated heterocycles. The number of hydrogen-bond donors (Lipinski definition) is 1. The number of rotatable bonds is 6. The first-order chi connectivity index (χ1) is 10.6.